The second-order valence-electron chi connectivity index (χ2n) is 11.2. The first kappa shape index (κ1) is 29.2. The molecule has 13 heteroatoms. The summed E-state index contributed by atoms with van der Waals surface area (Å²) in [5.74, 6) is 0.515. The molecule has 3 aliphatic heterocycles. The molecule has 5 rings (SSSR count). The lowest BCUT2D eigenvalue weighted by Gasteiger charge is -2.42. The number of benzene rings is 1. The van der Waals surface area contributed by atoms with Gasteiger partial charge in [-0.25, -0.2) is 9.78 Å². The number of rotatable bonds is 10. The van der Waals surface area contributed by atoms with Crippen LogP contribution in [0.3, 0.4) is 0 Å². The van der Waals surface area contributed by atoms with E-state index in [9.17, 15) is 35.1 Å². The van der Waals surface area contributed by atoms with E-state index in [-0.39, 0.29) is 11.8 Å². The number of nitrogens with one attached hydrogen (secondary N) is 1. The van der Waals surface area contributed by atoms with E-state index in [4.69, 9.17) is 18.9 Å². The molecule has 0 saturated carbocycles. The van der Waals surface area contributed by atoms with Crippen molar-refractivity contribution >= 4 is 16.9 Å². The normalized spacial score (nSPS) is 24.6. The summed E-state index contributed by atoms with van der Waals surface area (Å²) in [6.45, 7) is 3.04. The van der Waals surface area contributed by atoms with E-state index >= 15 is 0 Å². The first-order valence-corrected chi connectivity index (χ1v) is 13.2. The van der Waals surface area contributed by atoms with Gasteiger partial charge in [-0.2, -0.15) is 0 Å². The van der Waals surface area contributed by atoms with Gasteiger partial charge in [-0.05, 0) is 44.7 Å². The average Bonchev–Trinajstić information content (AvgIpc) is 3.48. The fourth-order valence-corrected chi connectivity index (χ4v) is 5.33. The lowest BCUT2D eigenvalue weighted by molar-refractivity contribution is -0.363. The van der Waals surface area contributed by atoms with Gasteiger partial charge in [-0.3, -0.25) is 9.59 Å². The molecular weight excluding hydrogens is 540 g/mol. The molecule has 1 amide bonds. The number of ether oxygens (including phenoxy) is 1. The van der Waals surface area contributed by atoms with Crippen LogP contribution in [0.5, 0.6) is 5.75 Å². The summed E-state index contributed by atoms with van der Waals surface area (Å²) >= 11 is 0. The molecule has 41 heavy (non-hydrogen) atoms. The van der Waals surface area contributed by atoms with Gasteiger partial charge in [0.25, 0.3) is 0 Å². The highest BCUT2D eigenvalue weighted by Gasteiger charge is 2.50. The Labute approximate surface area is 234 Å². The summed E-state index contributed by atoms with van der Waals surface area (Å²) in [5.41, 5.74) is -2.01. The van der Waals surface area contributed by atoms with Crippen LogP contribution in [0.15, 0.2) is 51.5 Å². The van der Waals surface area contributed by atoms with Crippen LogP contribution in [0.1, 0.15) is 25.2 Å². The molecule has 1 unspecified atom stereocenters. The highest BCUT2D eigenvalue weighted by molar-refractivity contribution is 5.92. The summed E-state index contributed by atoms with van der Waals surface area (Å²) in [6.07, 6.45) is -1.59. The standard InChI is InChI=1S/C28H34N2O11/c1-14-6-19(32)16-7-15-8-24(27(2,3)40-21(15)10-22(16)39-14)41-38-12-23(34)28(37,26(36)20(33)11-31)13-30-18-4-5-29-17(18)9-25(30)35/h4-7,9-10,18,20,23-24,26,29,31,33-34,36-37H,8,11-13H2,1-3H3/t18?,20-,23+,24-,26-,28-/m1/s1. The van der Waals surface area contributed by atoms with Gasteiger partial charge in [-0.1, -0.05) is 0 Å². The van der Waals surface area contributed by atoms with Crippen LogP contribution >= 0.6 is 0 Å². The molecule has 0 saturated heterocycles. The minimum absolute atomic E-state index is 0.196. The van der Waals surface area contributed by atoms with Gasteiger partial charge >= 0.3 is 0 Å². The molecular formula is C28H34N2O11. The summed E-state index contributed by atoms with van der Waals surface area (Å²) in [6, 6.07) is 4.17. The zero-order valence-electron chi connectivity index (χ0n) is 22.8. The first-order valence-electron chi connectivity index (χ1n) is 13.2. The third-order valence-corrected chi connectivity index (χ3v) is 7.81. The predicted octanol–water partition coefficient (Wildman–Crippen LogP) is -0.851. The van der Waals surface area contributed by atoms with E-state index in [1.54, 1.807) is 45.2 Å². The molecule has 2 aromatic rings. The number of hydrogen-bond donors (Lipinski definition) is 6. The number of nitrogens with zero attached hydrogens (tertiary/aromatic N) is 1. The van der Waals surface area contributed by atoms with Gasteiger partial charge in [0.1, 0.15) is 59.3 Å². The molecule has 13 nitrogen and oxygen atoms in total. The number of aliphatic hydroxyl groups is 5. The van der Waals surface area contributed by atoms with Crippen LogP contribution in [-0.4, -0.2) is 97.8 Å². The van der Waals surface area contributed by atoms with Crippen molar-refractivity contribution in [1.29, 1.82) is 0 Å². The monoisotopic (exact) mass is 574 g/mol. The third-order valence-electron chi connectivity index (χ3n) is 7.81. The van der Waals surface area contributed by atoms with Gasteiger partial charge in [0, 0.05) is 30.3 Å². The van der Waals surface area contributed by atoms with Crippen LogP contribution in [0.25, 0.3) is 11.0 Å². The Hall–Kier alpha value is -3.30. The SMILES string of the molecule is Cc1cc(=O)c2cc3c(cc2o1)OC(C)(C)[C@H](OOC[C@H](O)[C@](O)(CN1C(=O)C=C2NC=CC21)[C@H](O)[C@H](O)CO)C3. The number of amides is 1. The summed E-state index contributed by atoms with van der Waals surface area (Å²) in [4.78, 5) is 37.2. The van der Waals surface area contributed by atoms with Crippen molar-refractivity contribution in [3.63, 3.8) is 0 Å². The first-order chi connectivity index (χ1) is 19.3. The highest BCUT2D eigenvalue weighted by atomic mass is 17.2. The van der Waals surface area contributed by atoms with E-state index in [1.165, 1.54) is 17.0 Å². The van der Waals surface area contributed by atoms with Crippen molar-refractivity contribution in [2.75, 3.05) is 19.8 Å². The molecule has 0 fully saturated rings. The second-order valence-corrected chi connectivity index (χ2v) is 11.2. The quantitative estimate of drug-likeness (QED) is 0.152. The van der Waals surface area contributed by atoms with E-state index < -0.39 is 67.3 Å². The van der Waals surface area contributed by atoms with Crippen molar-refractivity contribution in [3.8, 4) is 5.75 Å². The molecule has 0 bridgehead atoms. The summed E-state index contributed by atoms with van der Waals surface area (Å²) in [7, 11) is 0. The predicted molar refractivity (Wildman–Crippen MR) is 142 cm³/mol. The maximum Gasteiger partial charge on any atom is 0.249 e. The zero-order valence-corrected chi connectivity index (χ0v) is 22.8. The molecule has 0 spiro atoms. The third kappa shape index (κ3) is 5.37. The van der Waals surface area contributed by atoms with Crippen LogP contribution in [-0.2, 0) is 21.0 Å². The smallest absolute Gasteiger partial charge is 0.249 e. The lowest BCUT2D eigenvalue weighted by atomic mass is 9.86. The van der Waals surface area contributed by atoms with Gasteiger partial charge in [0.05, 0.1) is 24.6 Å². The molecule has 3 aliphatic rings. The molecule has 4 heterocycles. The van der Waals surface area contributed by atoms with Crippen molar-refractivity contribution < 1.29 is 49.3 Å². The molecule has 6 atom stereocenters. The number of fused-ring (bicyclic) bond motifs is 3. The number of carbonyl (C=O) groups is 1. The van der Waals surface area contributed by atoms with Crippen LogP contribution in [0.4, 0.5) is 0 Å². The van der Waals surface area contributed by atoms with Gasteiger partial charge in [-0.15, -0.1) is 0 Å². The Morgan fingerprint density at radius 2 is 1.98 bits per heavy atom. The van der Waals surface area contributed by atoms with E-state index in [2.05, 4.69) is 5.32 Å². The Balaban J connectivity index is 1.30. The minimum atomic E-state index is -2.52. The van der Waals surface area contributed by atoms with E-state index in [1.807, 2.05) is 0 Å². The van der Waals surface area contributed by atoms with Crippen LogP contribution in [0.2, 0.25) is 0 Å². The number of aliphatic hydroxyl groups excluding tert-OH is 4. The average molecular weight is 575 g/mol. The Kier molecular flexibility index (Phi) is 7.72. The summed E-state index contributed by atoms with van der Waals surface area (Å²) < 4.78 is 11.8. The molecule has 6 N–H and O–H groups in total. The van der Waals surface area contributed by atoms with Gasteiger partial charge in [0.2, 0.25) is 5.91 Å². The molecule has 222 valence electrons. The maximum atomic E-state index is 12.6. The fraction of sp³-hybridized carbons (Fsp3) is 0.500. The maximum absolute atomic E-state index is 12.6. The molecule has 0 radical (unpaired) electrons. The van der Waals surface area contributed by atoms with E-state index in [0.29, 0.717) is 33.7 Å². The van der Waals surface area contributed by atoms with Crippen LogP contribution < -0.4 is 15.5 Å². The Morgan fingerprint density at radius 3 is 2.71 bits per heavy atom. The van der Waals surface area contributed by atoms with Crippen LogP contribution in [0, 0.1) is 6.92 Å². The Bertz CT molecular complexity index is 1450. The zero-order chi connectivity index (χ0) is 29.7. The number of β-amino-alcohol motifs (C(OH)–C–C–N with tert-alkyl or cyclic N) is 1. The number of aryl methyl sites for hydroxylation is 1. The largest absolute Gasteiger partial charge is 0.485 e. The van der Waals surface area contributed by atoms with E-state index in [0.717, 1.165) is 0 Å². The number of carbonyl (C=O) groups excluding carboxylic acids is 1. The fourth-order valence-electron chi connectivity index (χ4n) is 5.33. The summed E-state index contributed by atoms with van der Waals surface area (Å²) in [5, 5.41) is 55.9. The number of hydrogen-bond acceptors (Lipinski definition) is 12. The van der Waals surface area contributed by atoms with Crippen molar-refractivity contribution in [2.45, 2.75) is 68.9 Å². The molecule has 0 aliphatic carbocycles. The Morgan fingerprint density at radius 1 is 1.22 bits per heavy atom. The topological polar surface area (TPSA) is 191 Å². The van der Waals surface area contributed by atoms with Gasteiger partial charge in [0.15, 0.2) is 5.43 Å². The van der Waals surface area contributed by atoms with Crippen molar-refractivity contribution in [1.82, 2.24) is 10.2 Å². The second kappa shape index (κ2) is 10.8. The minimum Gasteiger partial charge on any atom is -0.485 e. The molecule has 1 aromatic heterocycles. The van der Waals surface area contributed by atoms with Crippen molar-refractivity contribution in [2.24, 2.45) is 0 Å². The van der Waals surface area contributed by atoms with Gasteiger partial charge < -0.3 is 44.9 Å². The van der Waals surface area contributed by atoms with Crippen molar-refractivity contribution in [3.05, 3.63) is 63.8 Å². The molecule has 1 aromatic carbocycles. The highest BCUT2D eigenvalue weighted by Crippen LogP contribution is 2.37. The lowest BCUT2D eigenvalue weighted by Crippen LogP contribution is -2.65.